The number of hydrogen-bond donors (Lipinski definition) is 0. The first-order valence-electron chi connectivity index (χ1n) is 6.52. The highest BCUT2D eigenvalue weighted by molar-refractivity contribution is 5.94. The zero-order chi connectivity index (χ0) is 14.3. The molecule has 1 rings (SSSR count). The van der Waals surface area contributed by atoms with Crippen LogP contribution in [0, 0.1) is 0 Å². The second kappa shape index (κ2) is 7.56. The summed E-state index contributed by atoms with van der Waals surface area (Å²) in [7, 11) is 0. The predicted octanol–water partition coefficient (Wildman–Crippen LogP) is 3.00. The summed E-state index contributed by atoms with van der Waals surface area (Å²) in [6.07, 6.45) is 0.670. The maximum atomic E-state index is 11.7. The van der Waals surface area contributed by atoms with Crippen LogP contribution in [-0.4, -0.2) is 24.5 Å². The molecule has 0 saturated carbocycles. The van der Waals surface area contributed by atoms with E-state index in [-0.39, 0.29) is 11.8 Å². The quantitative estimate of drug-likeness (QED) is 0.561. The largest absolute Gasteiger partial charge is 0.479 e. The maximum Gasteiger partial charge on any atom is 0.347 e. The van der Waals surface area contributed by atoms with E-state index in [4.69, 9.17) is 9.47 Å². The molecule has 19 heavy (non-hydrogen) atoms. The molecule has 0 fully saturated rings. The normalized spacial score (nSPS) is 11.7. The van der Waals surface area contributed by atoms with Crippen LogP contribution in [0.4, 0.5) is 0 Å². The molecule has 0 spiro atoms. The van der Waals surface area contributed by atoms with Crippen LogP contribution in [-0.2, 0) is 9.53 Å². The van der Waals surface area contributed by atoms with Gasteiger partial charge >= 0.3 is 5.97 Å². The van der Waals surface area contributed by atoms with E-state index in [0.29, 0.717) is 24.3 Å². The molecule has 104 valence electrons. The molecule has 1 aromatic carbocycles. The molecule has 0 aliphatic heterocycles. The first kappa shape index (κ1) is 15.2. The number of hydrogen-bond acceptors (Lipinski definition) is 4. The number of rotatable bonds is 7. The summed E-state index contributed by atoms with van der Waals surface area (Å²) in [6.45, 7) is 5.68. The predicted molar refractivity (Wildman–Crippen MR) is 72.4 cm³/mol. The smallest absolute Gasteiger partial charge is 0.347 e. The van der Waals surface area contributed by atoms with Gasteiger partial charge in [-0.3, -0.25) is 4.79 Å². The van der Waals surface area contributed by atoms with Gasteiger partial charge in [-0.15, -0.1) is 0 Å². The zero-order valence-corrected chi connectivity index (χ0v) is 11.6. The third-order valence-corrected chi connectivity index (χ3v) is 2.60. The van der Waals surface area contributed by atoms with E-state index in [1.807, 2.05) is 13.8 Å². The highest BCUT2D eigenvalue weighted by Crippen LogP contribution is 2.17. The molecular formula is C15H20O4. The van der Waals surface area contributed by atoms with Crippen LogP contribution in [0.3, 0.4) is 0 Å². The Morgan fingerprint density at radius 1 is 1.26 bits per heavy atom. The van der Waals surface area contributed by atoms with E-state index < -0.39 is 6.10 Å². The topological polar surface area (TPSA) is 52.6 Å². The summed E-state index contributed by atoms with van der Waals surface area (Å²) in [6, 6.07) is 6.81. The molecule has 1 atom stereocenters. The van der Waals surface area contributed by atoms with Gasteiger partial charge in [0.2, 0.25) is 0 Å². The van der Waals surface area contributed by atoms with Crippen molar-refractivity contribution >= 4 is 11.8 Å². The Balaban J connectivity index is 2.72. The number of carbonyl (C=O) groups is 2. The van der Waals surface area contributed by atoms with Gasteiger partial charge in [0.25, 0.3) is 0 Å². The lowest BCUT2D eigenvalue weighted by molar-refractivity contribution is -0.152. The third-order valence-electron chi connectivity index (χ3n) is 2.60. The van der Waals surface area contributed by atoms with Gasteiger partial charge in [-0.1, -0.05) is 26.0 Å². The van der Waals surface area contributed by atoms with Crippen molar-refractivity contribution < 1.29 is 19.1 Å². The molecule has 1 aromatic rings. The van der Waals surface area contributed by atoms with E-state index in [2.05, 4.69) is 0 Å². The molecule has 0 aliphatic carbocycles. The molecular weight excluding hydrogens is 244 g/mol. The first-order chi connectivity index (χ1) is 9.08. The zero-order valence-electron chi connectivity index (χ0n) is 11.6. The number of Topliss-reactive ketones (excluding diaryl/α,β-unsaturated/α-hetero) is 1. The van der Waals surface area contributed by atoms with Gasteiger partial charge in [-0.25, -0.2) is 4.79 Å². The van der Waals surface area contributed by atoms with Crippen molar-refractivity contribution in [1.82, 2.24) is 0 Å². The summed E-state index contributed by atoms with van der Waals surface area (Å²) in [5.41, 5.74) is 0.564. The molecule has 0 radical (unpaired) electrons. The minimum Gasteiger partial charge on any atom is -0.479 e. The number of ketones is 1. The first-order valence-corrected chi connectivity index (χ1v) is 6.52. The summed E-state index contributed by atoms with van der Waals surface area (Å²) in [5, 5.41) is 0. The Morgan fingerprint density at radius 2 is 2.00 bits per heavy atom. The lowest BCUT2D eigenvalue weighted by Gasteiger charge is -2.16. The van der Waals surface area contributed by atoms with Gasteiger partial charge in [-0.05, 0) is 31.9 Å². The van der Waals surface area contributed by atoms with Crippen LogP contribution in [0.1, 0.15) is 44.0 Å². The van der Waals surface area contributed by atoms with Crippen molar-refractivity contribution in [3.63, 3.8) is 0 Å². The van der Waals surface area contributed by atoms with Gasteiger partial charge in [0.15, 0.2) is 11.9 Å². The van der Waals surface area contributed by atoms with Crippen molar-refractivity contribution in [1.29, 1.82) is 0 Å². The fourth-order valence-corrected chi connectivity index (χ4v) is 1.55. The van der Waals surface area contributed by atoms with Crippen LogP contribution < -0.4 is 4.74 Å². The van der Waals surface area contributed by atoms with Crippen molar-refractivity contribution in [3.05, 3.63) is 29.8 Å². The second-order valence-electron chi connectivity index (χ2n) is 4.27. The molecule has 0 bridgehead atoms. The summed E-state index contributed by atoms with van der Waals surface area (Å²) in [4.78, 5) is 23.0. The maximum absolute atomic E-state index is 11.7. The molecule has 0 aliphatic rings. The monoisotopic (exact) mass is 264 g/mol. The average Bonchev–Trinajstić information content (AvgIpc) is 2.42. The average molecular weight is 264 g/mol. The van der Waals surface area contributed by atoms with E-state index in [0.717, 1.165) is 6.42 Å². The molecule has 0 heterocycles. The minimum atomic E-state index is -0.631. The molecule has 4 heteroatoms. The van der Waals surface area contributed by atoms with E-state index >= 15 is 0 Å². The van der Waals surface area contributed by atoms with Gasteiger partial charge in [0.1, 0.15) is 5.75 Å². The fraction of sp³-hybridized carbons (Fsp3) is 0.467. The van der Waals surface area contributed by atoms with Crippen LogP contribution >= 0.6 is 0 Å². The van der Waals surface area contributed by atoms with E-state index in [1.165, 1.54) is 6.92 Å². The SMILES string of the molecule is CCCOC(=O)C(CC)Oc1cccc(C(C)=O)c1. The Hall–Kier alpha value is -1.84. The molecule has 0 aromatic heterocycles. The molecule has 0 amide bonds. The second-order valence-corrected chi connectivity index (χ2v) is 4.27. The van der Waals surface area contributed by atoms with Crippen LogP contribution in [0.15, 0.2) is 24.3 Å². The van der Waals surface area contributed by atoms with Crippen LogP contribution in [0.2, 0.25) is 0 Å². The van der Waals surface area contributed by atoms with Crippen LogP contribution in [0.5, 0.6) is 5.75 Å². The van der Waals surface area contributed by atoms with E-state index in [1.54, 1.807) is 24.3 Å². The number of carbonyl (C=O) groups excluding carboxylic acids is 2. The van der Waals surface area contributed by atoms with Gasteiger partial charge in [-0.2, -0.15) is 0 Å². The van der Waals surface area contributed by atoms with Gasteiger partial charge in [0.05, 0.1) is 6.61 Å². The Kier molecular flexibility index (Phi) is 6.06. The van der Waals surface area contributed by atoms with Crippen molar-refractivity contribution in [2.45, 2.75) is 39.7 Å². The van der Waals surface area contributed by atoms with Crippen molar-refractivity contribution in [2.75, 3.05) is 6.61 Å². The van der Waals surface area contributed by atoms with Crippen molar-refractivity contribution in [2.24, 2.45) is 0 Å². The number of benzene rings is 1. The Bertz CT molecular complexity index is 440. The fourth-order valence-electron chi connectivity index (χ4n) is 1.55. The summed E-state index contributed by atoms with van der Waals surface area (Å²) < 4.78 is 10.6. The van der Waals surface area contributed by atoms with Crippen molar-refractivity contribution in [3.8, 4) is 5.75 Å². The summed E-state index contributed by atoms with van der Waals surface area (Å²) in [5.74, 6) is 0.109. The van der Waals surface area contributed by atoms with E-state index in [9.17, 15) is 9.59 Å². The molecule has 1 unspecified atom stereocenters. The highest BCUT2D eigenvalue weighted by Gasteiger charge is 2.20. The van der Waals surface area contributed by atoms with Crippen LogP contribution in [0.25, 0.3) is 0 Å². The standard InChI is InChI=1S/C15H20O4/c1-4-9-18-15(17)14(5-2)19-13-8-6-7-12(10-13)11(3)16/h6-8,10,14H,4-5,9H2,1-3H3. The number of esters is 1. The molecule has 4 nitrogen and oxygen atoms in total. The lowest BCUT2D eigenvalue weighted by atomic mass is 10.1. The molecule has 0 N–H and O–H groups in total. The lowest BCUT2D eigenvalue weighted by Crippen LogP contribution is -2.29. The number of ether oxygens (including phenoxy) is 2. The Labute approximate surface area is 113 Å². The molecule has 0 saturated heterocycles. The van der Waals surface area contributed by atoms with Gasteiger partial charge < -0.3 is 9.47 Å². The summed E-state index contributed by atoms with van der Waals surface area (Å²) >= 11 is 0. The minimum absolute atomic E-state index is 0.0351. The van der Waals surface area contributed by atoms with Gasteiger partial charge in [0, 0.05) is 5.56 Å². The highest BCUT2D eigenvalue weighted by atomic mass is 16.6. The Morgan fingerprint density at radius 3 is 2.58 bits per heavy atom. The third kappa shape index (κ3) is 4.73.